The zero-order valence-corrected chi connectivity index (χ0v) is 13.3. The van der Waals surface area contributed by atoms with Gasteiger partial charge in [0.1, 0.15) is 12.4 Å². The molecule has 1 atom stereocenters. The van der Waals surface area contributed by atoms with Gasteiger partial charge in [0.15, 0.2) is 0 Å². The van der Waals surface area contributed by atoms with E-state index in [-0.39, 0.29) is 18.6 Å². The molecule has 5 heteroatoms. The van der Waals surface area contributed by atoms with E-state index in [2.05, 4.69) is 5.32 Å². The summed E-state index contributed by atoms with van der Waals surface area (Å²) in [6, 6.07) is 14.6. The van der Waals surface area contributed by atoms with Gasteiger partial charge in [-0.25, -0.2) is 0 Å². The maximum Gasteiger partial charge on any atom is 0.246 e. The predicted molar refractivity (Wildman–Crippen MR) is 86.3 cm³/mol. The molecule has 0 bridgehead atoms. The van der Waals surface area contributed by atoms with E-state index in [9.17, 15) is 4.79 Å². The molecule has 0 fully saturated rings. The van der Waals surface area contributed by atoms with Crippen molar-refractivity contribution in [3.05, 3.63) is 64.7 Å². The monoisotopic (exact) mass is 319 g/mol. The Kier molecular flexibility index (Phi) is 5.81. The fraction of sp³-hybridized carbons (Fsp3) is 0.235. The van der Waals surface area contributed by atoms with Crippen molar-refractivity contribution < 1.29 is 14.3 Å². The predicted octanol–water partition coefficient (Wildman–Crippen LogP) is 3.20. The lowest BCUT2D eigenvalue weighted by atomic mass is 9.98. The molecule has 1 N–H and O–H groups in total. The van der Waals surface area contributed by atoms with E-state index in [0.717, 1.165) is 16.9 Å². The van der Waals surface area contributed by atoms with Crippen LogP contribution in [0.15, 0.2) is 48.5 Å². The molecule has 0 aliphatic carbocycles. The van der Waals surface area contributed by atoms with Crippen molar-refractivity contribution in [1.82, 2.24) is 5.32 Å². The number of methoxy groups -OCH3 is 2. The van der Waals surface area contributed by atoms with E-state index >= 15 is 0 Å². The number of carbonyl (C=O) groups excluding carboxylic acids is 1. The minimum atomic E-state index is -0.369. The van der Waals surface area contributed by atoms with Crippen LogP contribution >= 0.6 is 11.6 Å². The molecule has 4 nitrogen and oxygen atoms in total. The molecule has 0 spiro atoms. The van der Waals surface area contributed by atoms with Crippen LogP contribution in [0.1, 0.15) is 17.2 Å². The molecule has 1 amide bonds. The summed E-state index contributed by atoms with van der Waals surface area (Å²) < 4.78 is 10.1. The van der Waals surface area contributed by atoms with Gasteiger partial charge < -0.3 is 14.8 Å². The molecule has 0 aliphatic heterocycles. The van der Waals surface area contributed by atoms with Gasteiger partial charge in [-0.1, -0.05) is 41.9 Å². The summed E-state index contributed by atoms with van der Waals surface area (Å²) in [4.78, 5) is 12.0. The summed E-state index contributed by atoms with van der Waals surface area (Å²) in [6.45, 7) is -0.00901. The van der Waals surface area contributed by atoms with Gasteiger partial charge in [0.2, 0.25) is 5.91 Å². The minimum Gasteiger partial charge on any atom is -0.497 e. The summed E-state index contributed by atoms with van der Waals surface area (Å²) in [5.74, 6) is 0.505. The number of halogens is 1. The minimum absolute atomic E-state index is 0.00901. The number of ether oxygens (including phenoxy) is 2. The Balaban J connectivity index is 2.40. The van der Waals surface area contributed by atoms with Crippen LogP contribution in [0.2, 0.25) is 5.02 Å². The third-order valence-electron chi connectivity index (χ3n) is 3.22. The van der Waals surface area contributed by atoms with Crippen LogP contribution in [0, 0.1) is 0 Å². The van der Waals surface area contributed by atoms with Gasteiger partial charge in [-0.3, -0.25) is 4.79 Å². The summed E-state index contributed by atoms with van der Waals surface area (Å²) in [7, 11) is 3.09. The molecule has 0 radical (unpaired) electrons. The average Bonchev–Trinajstić information content (AvgIpc) is 2.54. The van der Waals surface area contributed by atoms with Gasteiger partial charge in [0.25, 0.3) is 0 Å². The Bertz CT molecular complexity index is 645. The first kappa shape index (κ1) is 16.3. The van der Waals surface area contributed by atoms with Gasteiger partial charge in [0, 0.05) is 12.1 Å². The largest absolute Gasteiger partial charge is 0.497 e. The van der Waals surface area contributed by atoms with Crippen LogP contribution in [0.3, 0.4) is 0 Å². The lowest BCUT2D eigenvalue weighted by Crippen LogP contribution is -2.32. The van der Waals surface area contributed by atoms with E-state index in [0.29, 0.717) is 5.02 Å². The van der Waals surface area contributed by atoms with Crippen molar-refractivity contribution in [3.8, 4) is 5.75 Å². The Morgan fingerprint density at radius 2 is 1.95 bits per heavy atom. The third kappa shape index (κ3) is 4.00. The Morgan fingerprint density at radius 1 is 1.18 bits per heavy atom. The molecule has 1 unspecified atom stereocenters. The van der Waals surface area contributed by atoms with E-state index in [1.807, 2.05) is 42.5 Å². The SMILES string of the molecule is COCC(=O)NC(c1cccc(OC)c1)c1ccccc1Cl. The normalized spacial score (nSPS) is 11.8. The Morgan fingerprint density at radius 3 is 2.64 bits per heavy atom. The molecule has 0 aliphatic rings. The maximum atomic E-state index is 12.0. The van der Waals surface area contributed by atoms with Gasteiger partial charge in [-0.2, -0.15) is 0 Å². The molecule has 2 aromatic rings. The summed E-state index contributed by atoms with van der Waals surface area (Å²) in [6.07, 6.45) is 0. The second-order valence-electron chi connectivity index (χ2n) is 4.73. The number of rotatable bonds is 6. The molecule has 0 aromatic heterocycles. The van der Waals surface area contributed by atoms with Crippen LogP contribution in [-0.2, 0) is 9.53 Å². The average molecular weight is 320 g/mol. The molecule has 0 heterocycles. The second kappa shape index (κ2) is 7.82. The summed E-state index contributed by atoms with van der Waals surface area (Å²) in [5, 5.41) is 3.53. The van der Waals surface area contributed by atoms with Crippen molar-refractivity contribution in [2.24, 2.45) is 0 Å². The van der Waals surface area contributed by atoms with Gasteiger partial charge in [-0.05, 0) is 29.3 Å². The first-order chi connectivity index (χ1) is 10.7. The summed E-state index contributed by atoms with van der Waals surface area (Å²) in [5.41, 5.74) is 1.71. The van der Waals surface area contributed by atoms with Gasteiger partial charge >= 0.3 is 0 Å². The van der Waals surface area contributed by atoms with Crippen molar-refractivity contribution in [2.75, 3.05) is 20.8 Å². The van der Waals surface area contributed by atoms with Crippen molar-refractivity contribution >= 4 is 17.5 Å². The molecule has 22 heavy (non-hydrogen) atoms. The standard InChI is InChI=1S/C17H18ClNO3/c1-21-11-16(20)19-17(14-8-3-4-9-15(14)18)12-6-5-7-13(10-12)22-2/h3-10,17H,11H2,1-2H3,(H,19,20). The van der Waals surface area contributed by atoms with Crippen molar-refractivity contribution in [3.63, 3.8) is 0 Å². The highest BCUT2D eigenvalue weighted by molar-refractivity contribution is 6.31. The zero-order valence-electron chi connectivity index (χ0n) is 12.5. The fourth-order valence-corrected chi connectivity index (χ4v) is 2.45. The van der Waals surface area contributed by atoms with E-state index < -0.39 is 0 Å². The van der Waals surface area contributed by atoms with Crippen LogP contribution in [0.5, 0.6) is 5.75 Å². The highest BCUT2D eigenvalue weighted by Crippen LogP contribution is 2.29. The topological polar surface area (TPSA) is 47.6 Å². The molecule has 116 valence electrons. The van der Waals surface area contributed by atoms with E-state index in [1.165, 1.54) is 7.11 Å². The highest BCUT2D eigenvalue weighted by Gasteiger charge is 2.19. The van der Waals surface area contributed by atoms with Gasteiger partial charge in [-0.15, -0.1) is 0 Å². The first-order valence-electron chi connectivity index (χ1n) is 6.82. The quantitative estimate of drug-likeness (QED) is 0.889. The van der Waals surface area contributed by atoms with Crippen molar-refractivity contribution in [1.29, 1.82) is 0 Å². The van der Waals surface area contributed by atoms with Crippen LogP contribution in [0.25, 0.3) is 0 Å². The molecule has 2 aromatic carbocycles. The lowest BCUT2D eigenvalue weighted by molar-refractivity contribution is -0.125. The van der Waals surface area contributed by atoms with Crippen LogP contribution in [0.4, 0.5) is 0 Å². The number of nitrogens with one attached hydrogen (secondary N) is 1. The summed E-state index contributed by atoms with van der Waals surface area (Å²) >= 11 is 6.29. The molecule has 0 saturated carbocycles. The number of hydrogen-bond donors (Lipinski definition) is 1. The van der Waals surface area contributed by atoms with E-state index in [4.69, 9.17) is 21.1 Å². The Hall–Kier alpha value is -2.04. The number of hydrogen-bond acceptors (Lipinski definition) is 3. The van der Waals surface area contributed by atoms with Gasteiger partial charge in [0.05, 0.1) is 13.2 Å². The maximum absolute atomic E-state index is 12.0. The fourth-order valence-electron chi connectivity index (χ4n) is 2.20. The lowest BCUT2D eigenvalue weighted by Gasteiger charge is -2.21. The number of carbonyl (C=O) groups is 1. The molecule has 2 rings (SSSR count). The molecular formula is C17H18ClNO3. The zero-order chi connectivity index (χ0) is 15.9. The molecule has 0 saturated heterocycles. The second-order valence-corrected chi connectivity index (χ2v) is 5.14. The van der Waals surface area contributed by atoms with E-state index in [1.54, 1.807) is 13.2 Å². The van der Waals surface area contributed by atoms with Crippen molar-refractivity contribution in [2.45, 2.75) is 6.04 Å². The smallest absolute Gasteiger partial charge is 0.246 e. The number of amides is 1. The number of benzene rings is 2. The highest BCUT2D eigenvalue weighted by atomic mass is 35.5. The first-order valence-corrected chi connectivity index (χ1v) is 7.20. The molecular weight excluding hydrogens is 302 g/mol. The van der Waals surface area contributed by atoms with Crippen LogP contribution in [-0.4, -0.2) is 26.7 Å². The third-order valence-corrected chi connectivity index (χ3v) is 3.57. The Labute approximate surface area is 135 Å². The van der Waals surface area contributed by atoms with Crippen LogP contribution < -0.4 is 10.1 Å².